The summed E-state index contributed by atoms with van der Waals surface area (Å²) in [5.74, 6) is 0.288. The number of hydrogen-bond acceptors (Lipinski definition) is 4. The Kier molecular flexibility index (Phi) is 2.28. The zero-order valence-electron chi connectivity index (χ0n) is 7.18. The van der Waals surface area contributed by atoms with Crippen molar-refractivity contribution in [2.75, 3.05) is 5.73 Å². The molecule has 1 aromatic heterocycles. The van der Waals surface area contributed by atoms with E-state index in [9.17, 15) is 0 Å². The molecule has 2 N–H and O–H groups in total. The van der Waals surface area contributed by atoms with Crippen LogP contribution in [0, 0.1) is 0 Å². The van der Waals surface area contributed by atoms with E-state index in [4.69, 9.17) is 17.3 Å². The number of benzene rings is 1. The lowest BCUT2D eigenvalue weighted by Gasteiger charge is -2.01. The molecular formula is C9H7ClN4. The minimum atomic E-state index is 0.0576. The van der Waals surface area contributed by atoms with Crippen LogP contribution in [-0.2, 0) is 0 Å². The number of nitrogens with zero attached hydrogens (tertiary/aromatic N) is 3. The fraction of sp³-hybridized carbons (Fsp3) is 0. The van der Waals surface area contributed by atoms with Crippen LogP contribution in [0.25, 0.3) is 11.3 Å². The molecule has 0 spiro atoms. The third-order valence-corrected chi connectivity index (χ3v) is 1.90. The van der Waals surface area contributed by atoms with Crippen molar-refractivity contribution in [3.8, 4) is 11.3 Å². The molecule has 0 aliphatic rings. The first kappa shape index (κ1) is 8.90. The van der Waals surface area contributed by atoms with Crippen molar-refractivity contribution in [3.05, 3.63) is 35.6 Å². The summed E-state index contributed by atoms with van der Waals surface area (Å²) in [6.07, 6.45) is 0. The lowest BCUT2D eigenvalue weighted by atomic mass is 10.1. The summed E-state index contributed by atoms with van der Waals surface area (Å²) in [6, 6.07) is 9.47. The van der Waals surface area contributed by atoms with Gasteiger partial charge in [0.15, 0.2) is 5.82 Å². The minimum absolute atomic E-state index is 0.0576. The smallest absolute Gasteiger partial charge is 0.244 e. The molecular weight excluding hydrogens is 200 g/mol. The van der Waals surface area contributed by atoms with Gasteiger partial charge in [-0.25, -0.2) is 0 Å². The molecule has 1 heterocycles. The van der Waals surface area contributed by atoms with Gasteiger partial charge in [0, 0.05) is 5.56 Å². The highest BCUT2D eigenvalue weighted by Crippen LogP contribution is 2.20. The van der Waals surface area contributed by atoms with Crippen LogP contribution < -0.4 is 5.73 Å². The molecule has 14 heavy (non-hydrogen) atoms. The Bertz CT molecular complexity index is 444. The Morgan fingerprint density at radius 1 is 1.07 bits per heavy atom. The number of aromatic nitrogens is 3. The molecule has 0 unspecified atom stereocenters. The van der Waals surface area contributed by atoms with E-state index in [0.29, 0.717) is 5.69 Å². The molecule has 0 saturated carbocycles. The zero-order chi connectivity index (χ0) is 9.97. The van der Waals surface area contributed by atoms with Crippen molar-refractivity contribution in [3.63, 3.8) is 0 Å². The number of hydrogen-bond donors (Lipinski definition) is 1. The van der Waals surface area contributed by atoms with Gasteiger partial charge in [0.2, 0.25) is 5.28 Å². The first-order valence-corrected chi connectivity index (χ1v) is 4.36. The van der Waals surface area contributed by atoms with Gasteiger partial charge in [-0.3, -0.25) is 0 Å². The van der Waals surface area contributed by atoms with Crippen molar-refractivity contribution in [2.24, 2.45) is 0 Å². The summed E-state index contributed by atoms with van der Waals surface area (Å²) >= 11 is 5.54. The predicted octanol–water partition coefficient (Wildman–Crippen LogP) is 1.77. The Balaban J connectivity index is 2.53. The average Bonchev–Trinajstić information content (AvgIpc) is 2.19. The topological polar surface area (TPSA) is 64.7 Å². The molecule has 4 nitrogen and oxygen atoms in total. The molecule has 0 saturated heterocycles. The maximum atomic E-state index is 5.66. The van der Waals surface area contributed by atoms with Crippen LogP contribution in [0.2, 0.25) is 5.28 Å². The van der Waals surface area contributed by atoms with Crippen LogP contribution in [0.1, 0.15) is 0 Å². The summed E-state index contributed by atoms with van der Waals surface area (Å²) in [5.41, 5.74) is 7.08. The minimum Gasteiger partial charge on any atom is -0.382 e. The molecule has 0 fully saturated rings. The first-order chi connectivity index (χ1) is 6.77. The molecule has 0 aliphatic heterocycles. The molecule has 1 aromatic carbocycles. The van der Waals surface area contributed by atoms with Crippen LogP contribution in [0.3, 0.4) is 0 Å². The maximum Gasteiger partial charge on any atom is 0.244 e. The fourth-order valence-corrected chi connectivity index (χ4v) is 1.25. The van der Waals surface area contributed by atoms with Gasteiger partial charge < -0.3 is 5.73 Å². The molecule has 70 valence electrons. The van der Waals surface area contributed by atoms with E-state index in [-0.39, 0.29) is 11.1 Å². The van der Waals surface area contributed by atoms with E-state index in [2.05, 4.69) is 15.2 Å². The van der Waals surface area contributed by atoms with Crippen LogP contribution >= 0.6 is 11.6 Å². The van der Waals surface area contributed by atoms with E-state index in [1.165, 1.54) is 0 Å². The lowest BCUT2D eigenvalue weighted by Crippen LogP contribution is -1.99. The van der Waals surface area contributed by atoms with E-state index in [1.807, 2.05) is 30.3 Å². The quantitative estimate of drug-likeness (QED) is 0.773. The standard InChI is InChI=1S/C9H7ClN4/c10-9-12-8(11)7(13-14-9)6-4-2-1-3-5-6/h1-5H,(H2,11,12,14). The number of nitrogens with two attached hydrogens (primary N) is 1. The number of rotatable bonds is 1. The second-order valence-corrected chi connectivity index (χ2v) is 3.02. The number of nitrogen functional groups attached to an aromatic ring is 1. The summed E-state index contributed by atoms with van der Waals surface area (Å²) in [4.78, 5) is 3.82. The molecule has 2 rings (SSSR count). The van der Waals surface area contributed by atoms with Crippen LogP contribution in [-0.4, -0.2) is 15.2 Å². The van der Waals surface area contributed by atoms with E-state index < -0.39 is 0 Å². The van der Waals surface area contributed by atoms with Gasteiger partial charge in [0.25, 0.3) is 0 Å². The molecule has 0 aliphatic carbocycles. The van der Waals surface area contributed by atoms with Gasteiger partial charge in [-0.1, -0.05) is 30.3 Å². The summed E-state index contributed by atoms with van der Waals surface area (Å²) in [5, 5.41) is 7.58. The normalized spacial score (nSPS) is 10.1. The van der Waals surface area contributed by atoms with Gasteiger partial charge in [-0.2, -0.15) is 4.98 Å². The van der Waals surface area contributed by atoms with Crippen LogP contribution in [0.15, 0.2) is 30.3 Å². The Morgan fingerprint density at radius 2 is 1.79 bits per heavy atom. The van der Waals surface area contributed by atoms with Crippen molar-refractivity contribution >= 4 is 17.4 Å². The average molecular weight is 207 g/mol. The number of halogens is 1. The monoisotopic (exact) mass is 206 g/mol. The van der Waals surface area contributed by atoms with Crippen molar-refractivity contribution in [2.45, 2.75) is 0 Å². The molecule has 5 heteroatoms. The lowest BCUT2D eigenvalue weighted by molar-refractivity contribution is 0.984. The second kappa shape index (κ2) is 3.59. The Morgan fingerprint density at radius 3 is 2.43 bits per heavy atom. The van der Waals surface area contributed by atoms with E-state index >= 15 is 0 Å². The number of anilines is 1. The third-order valence-electron chi connectivity index (χ3n) is 1.74. The second-order valence-electron chi connectivity index (χ2n) is 2.68. The highest BCUT2D eigenvalue weighted by atomic mass is 35.5. The summed E-state index contributed by atoms with van der Waals surface area (Å²) in [7, 11) is 0. The first-order valence-electron chi connectivity index (χ1n) is 3.98. The van der Waals surface area contributed by atoms with Crippen LogP contribution in [0.4, 0.5) is 5.82 Å². The molecule has 0 bridgehead atoms. The highest BCUT2D eigenvalue weighted by Gasteiger charge is 2.06. The summed E-state index contributed by atoms with van der Waals surface area (Å²) in [6.45, 7) is 0. The SMILES string of the molecule is Nc1nc(Cl)nnc1-c1ccccc1. The zero-order valence-corrected chi connectivity index (χ0v) is 7.94. The highest BCUT2D eigenvalue weighted by molar-refractivity contribution is 6.28. The predicted molar refractivity (Wildman–Crippen MR) is 54.7 cm³/mol. The maximum absolute atomic E-state index is 5.66. The molecule has 0 atom stereocenters. The molecule has 2 aromatic rings. The van der Waals surface area contributed by atoms with Crippen LogP contribution in [0.5, 0.6) is 0 Å². The molecule has 0 amide bonds. The molecule has 0 radical (unpaired) electrons. The third kappa shape index (κ3) is 1.65. The van der Waals surface area contributed by atoms with Crippen molar-refractivity contribution in [1.29, 1.82) is 0 Å². The summed E-state index contributed by atoms with van der Waals surface area (Å²) < 4.78 is 0. The Labute approximate surface area is 85.8 Å². The van der Waals surface area contributed by atoms with Gasteiger partial charge in [-0.05, 0) is 11.6 Å². The van der Waals surface area contributed by atoms with Gasteiger partial charge >= 0.3 is 0 Å². The van der Waals surface area contributed by atoms with Gasteiger partial charge in [-0.15, -0.1) is 10.2 Å². The van der Waals surface area contributed by atoms with E-state index in [1.54, 1.807) is 0 Å². The fourth-order valence-electron chi connectivity index (χ4n) is 1.12. The van der Waals surface area contributed by atoms with E-state index in [0.717, 1.165) is 5.56 Å². The van der Waals surface area contributed by atoms with Gasteiger partial charge in [0.1, 0.15) is 5.69 Å². The largest absolute Gasteiger partial charge is 0.382 e. The Hall–Kier alpha value is -1.68. The van der Waals surface area contributed by atoms with Crippen molar-refractivity contribution < 1.29 is 0 Å². The van der Waals surface area contributed by atoms with Gasteiger partial charge in [0.05, 0.1) is 0 Å². The van der Waals surface area contributed by atoms with Crippen molar-refractivity contribution in [1.82, 2.24) is 15.2 Å².